The van der Waals surface area contributed by atoms with E-state index >= 15 is 0 Å². The van der Waals surface area contributed by atoms with E-state index in [1.165, 1.54) is 37.1 Å². The second kappa shape index (κ2) is 7.29. The van der Waals surface area contributed by atoms with Crippen molar-refractivity contribution in [3.8, 4) is 0 Å². The van der Waals surface area contributed by atoms with Crippen LogP contribution in [0.3, 0.4) is 0 Å². The Morgan fingerprint density at radius 2 is 1.76 bits per heavy atom. The van der Waals surface area contributed by atoms with Gasteiger partial charge in [-0.15, -0.1) is 0 Å². The van der Waals surface area contributed by atoms with Crippen molar-refractivity contribution in [2.75, 3.05) is 13.1 Å². The minimum atomic E-state index is 0.476. The van der Waals surface area contributed by atoms with Crippen LogP contribution < -0.4 is 0 Å². The van der Waals surface area contributed by atoms with Crippen molar-refractivity contribution in [1.82, 2.24) is 4.90 Å². The molecule has 0 saturated heterocycles. The van der Waals surface area contributed by atoms with E-state index in [1.807, 2.05) is 6.08 Å². The van der Waals surface area contributed by atoms with E-state index in [2.05, 4.69) is 56.5 Å². The minimum absolute atomic E-state index is 0.476. The molecular weight excluding hydrogens is 206 g/mol. The molecule has 0 amide bonds. The van der Waals surface area contributed by atoms with Gasteiger partial charge >= 0.3 is 0 Å². The molecule has 0 aliphatic heterocycles. The van der Waals surface area contributed by atoms with E-state index in [9.17, 15) is 0 Å². The number of hydrogen-bond donors (Lipinski definition) is 0. The first-order chi connectivity index (χ1) is 8.24. The molecule has 0 radical (unpaired) electrons. The van der Waals surface area contributed by atoms with Gasteiger partial charge in [0, 0.05) is 6.04 Å². The fourth-order valence-corrected chi connectivity index (χ4v) is 2.35. The number of benzene rings is 1. The van der Waals surface area contributed by atoms with Crippen LogP contribution in [-0.4, -0.2) is 18.0 Å². The summed E-state index contributed by atoms with van der Waals surface area (Å²) < 4.78 is 0. The van der Waals surface area contributed by atoms with Gasteiger partial charge in [-0.1, -0.05) is 50.8 Å². The third-order valence-electron chi connectivity index (χ3n) is 3.24. The minimum Gasteiger partial charge on any atom is -0.297 e. The highest BCUT2D eigenvalue weighted by Gasteiger charge is 2.15. The van der Waals surface area contributed by atoms with Gasteiger partial charge in [0.25, 0.3) is 0 Å². The van der Waals surface area contributed by atoms with Crippen LogP contribution in [0, 0.1) is 0 Å². The summed E-state index contributed by atoms with van der Waals surface area (Å²) in [4.78, 5) is 2.56. The first-order valence-corrected chi connectivity index (χ1v) is 6.70. The standard InChI is InChI=1S/C16H25N/c1-5-12-17(13-6-2)14(4)16-11-9-8-10-15(16)7-3/h7-11,14H,3,5-6,12-13H2,1-2,4H3. The molecule has 0 saturated carbocycles. The maximum Gasteiger partial charge on any atom is 0.0325 e. The van der Waals surface area contributed by atoms with Crippen molar-refractivity contribution in [3.05, 3.63) is 42.0 Å². The molecule has 94 valence electrons. The third-order valence-corrected chi connectivity index (χ3v) is 3.24. The van der Waals surface area contributed by atoms with Gasteiger partial charge in [-0.3, -0.25) is 4.90 Å². The van der Waals surface area contributed by atoms with Crippen LogP contribution in [0.5, 0.6) is 0 Å². The van der Waals surface area contributed by atoms with Gasteiger partial charge in [-0.05, 0) is 44.0 Å². The molecule has 1 heteroatoms. The van der Waals surface area contributed by atoms with Crippen LogP contribution in [0.1, 0.15) is 50.8 Å². The summed E-state index contributed by atoms with van der Waals surface area (Å²) in [5, 5.41) is 0. The van der Waals surface area contributed by atoms with Gasteiger partial charge in [0.15, 0.2) is 0 Å². The smallest absolute Gasteiger partial charge is 0.0325 e. The van der Waals surface area contributed by atoms with E-state index in [4.69, 9.17) is 0 Å². The molecule has 1 aromatic rings. The van der Waals surface area contributed by atoms with Crippen LogP contribution in [0.2, 0.25) is 0 Å². The van der Waals surface area contributed by atoms with Crippen molar-refractivity contribution in [1.29, 1.82) is 0 Å². The molecule has 0 fully saturated rings. The quantitative estimate of drug-likeness (QED) is 0.667. The lowest BCUT2D eigenvalue weighted by Crippen LogP contribution is -2.29. The largest absolute Gasteiger partial charge is 0.297 e. The Kier molecular flexibility index (Phi) is 5.99. The number of nitrogens with zero attached hydrogens (tertiary/aromatic N) is 1. The highest BCUT2D eigenvalue weighted by atomic mass is 15.1. The van der Waals surface area contributed by atoms with Crippen molar-refractivity contribution in [2.45, 2.75) is 39.7 Å². The van der Waals surface area contributed by atoms with E-state index < -0.39 is 0 Å². The normalized spacial score (nSPS) is 12.7. The molecule has 17 heavy (non-hydrogen) atoms. The van der Waals surface area contributed by atoms with E-state index in [0.717, 1.165) is 0 Å². The first kappa shape index (κ1) is 14.0. The average Bonchev–Trinajstić information content (AvgIpc) is 2.37. The Labute approximate surface area is 106 Å². The Bertz CT molecular complexity index is 337. The summed E-state index contributed by atoms with van der Waals surface area (Å²) in [7, 11) is 0. The molecule has 1 aromatic carbocycles. The van der Waals surface area contributed by atoms with Crippen molar-refractivity contribution in [2.24, 2.45) is 0 Å². The van der Waals surface area contributed by atoms with E-state index in [-0.39, 0.29) is 0 Å². The van der Waals surface area contributed by atoms with Crippen molar-refractivity contribution in [3.63, 3.8) is 0 Å². The summed E-state index contributed by atoms with van der Waals surface area (Å²) in [5.41, 5.74) is 2.65. The van der Waals surface area contributed by atoms with Crippen LogP contribution in [0.25, 0.3) is 6.08 Å². The highest BCUT2D eigenvalue weighted by Crippen LogP contribution is 2.24. The Hall–Kier alpha value is -1.08. The molecule has 0 aliphatic rings. The van der Waals surface area contributed by atoms with Crippen LogP contribution in [0.4, 0.5) is 0 Å². The van der Waals surface area contributed by atoms with Gasteiger partial charge in [0.1, 0.15) is 0 Å². The Morgan fingerprint density at radius 1 is 1.18 bits per heavy atom. The zero-order valence-corrected chi connectivity index (χ0v) is 11.4. The third kappa shape index (κ3) is 3.71. The van der Waals surface area contributed by atoms with E-state index in [0.29, 0.717) is 6.04 Å². The van der Waals surface area contributed by atoms with Gasteiger partial charge < -0.3 is 0 Å². The molecule has 0 spiro atoms. The Balaban J connectivity index is 2.91. The zero-order chi connectivity index (χ0) is 12.7. The summed E-state index contributed by atoms with van der Waals surface area (Å²) >= 11 is 0. The molecule has 1 atom stereocenters. The lowest BCUT2D eigenvalue weighted by atomic mass is 10.00. The SMILES string of the molecule is C=Cc1ccccc1C(C)N(CCC)CCC. The van der Waals surface area contributed by atoms with Crippen LogP contribution in [-0.2, 0) is 0 Å². The number of rotatable bonds is 7. The maximum atomic E-state index is 3.91. The van der Waals surface area contributed by atoms with Gasteiger partial charge in [-0.2, -0.15) is 0 Å². The molecule has 1 rings (SSSR count). The summed E-state index contributed by atoms with van der Waals surface area (Å²) in [6, 6.07) is 9.05. The van der Waals surface area contributed by atoms with E-state index in [1.54, 1.807) is 0 Å². The second-order valence-electron chi connectivity index (χ2n) is 4.54. The summed E-state index contributed by atoms with van der Waals surface area (Å²) in [5.74, 6) is 0. The molecule has 0 aliphatic carbocycles. The molecular formula is C16H25N. The fourth-order valence-electron chi connectivity index (χ4n) is 2.35. The van der Waals surface area contributed by atoms with Gasteiger partial charge in [0.2, 0.25) is 0 Å². The predicted octanol–water partition coefficient (Wildman–Crippen LogP) is 4.51. The summed E-state index contributed by atoms with van der Waals surface area (Å²) in [6.07, 6.45) is 4.38. The summed E-state index contributed by atoms with van der Waals surface area (Å²) in [6.45, 7) is 13.0. The highest BCUT2D eigenvalue weighted by molar-refractivity contribution is 5.52. The molecule has 0 bridgehead atoms. The van der Waals surface area contributed by atoms with Crippen LogP contribution in [0.15, 0.2) is 30.8 Å². The number of hydrogen-bond acceptors (Lipinski definition) is 1. The zero-order valence-electron chi connectivity index (χ0n) is 11.4. The monoisotopic (exact) mass is 231 g/mol. The lowest BCUT2D eigenvalue weighted by molar-refractivity contribution is 0.211. The average molecular weight is 231 g/mol. The molecule has 0 heterocycles. The lowest BCUT2D eigenvalue weighted by Gasteiger charge is -2.29. The predicted molar refractivity (Wildman–Crippen MR) is 77.1 cm³/mol. The molecule has 0 N–H and O–H groups in total. The maximum absolute atomic E-state index is 3.91. The second-order valence-corrected chi connectivity index (χ2v) is 4.54. The van der Waals surface area contributed by atoms with Crippen LogP contribution >= 0.6 is 0 Å². The molecule has 1 unspecified atom stereocenters. The topological polar surface area (TPSA) is 3.24 Å². The Morgan fingerprint density at radius 3 is 2.29 bits per heavy atom. The van der Waals surface area contributed by atoms with Gasteiger partial charge in [-0.25, -0.2) is 0 Å². The van der Waals surface area contributed by atoms with Gasteiger partial charge in [0.05, 0.1) is 0 Å². The van der Waals surface area contributed by atoms with Crippen molar-refractivity contribution < 1.29 is 0 Å². The molecule has 1 nitrogen and oxygen atoms in total. The fraction of sp³-hybridized carbons (Fsp3) is 0.500. The van der Waals surface area contributed by atoms with Crippen molar-refractivity contribution >= 4 is 6.08 Å². The molecule has 0 aromatic heterocycles. The first-order valence-electron chi connectivity index (χ1n) is 6.70.